The second-order valence-electron chi connectivity index (χ2n) is 3.88. The van der Waals surface area contributed by atoms with Gasteiger partial charge >= 0.3 is 0 Å². The highest BCUT2D eigenvalue weighted by Crippen LogP contribution is 2.16. The molecule has 1 rings (SSSR count). The molecule has 0 saturated carbocycles. The van der Waals surface area contributed by atoms with Gasteiger partial charge in [0.2, 0.25) is 10.0 Å². The summed E-state index contributed by atoms with van der Waals surface area (Å²) in [5, 5.41) is 3.17. The Balaban J connectivity index is 2.75. The minimum Gasteiger partial charge on any atom is -0.385 e. The Hall–Kier alpha value is -1.11. The first kappa shape index (κ1) is 14.0. The maximum absolute atomic E-state index is 11.8. The van der Waals surface area contributed by atoms with Crippen LogP contribution in [0.15, 0.2) is 29.2 Å². The summed E-state index contributed by atoms with van der Waals surface area (Å²) in [7, 11) is -0.300. The van der Waals surface area contributed by atoms with Crippen LogP contribution in [0.25, 0.3) is 0 Å². The standard InChI is InChI=1S/C11H19N3O2S/c1-14(2)17(15,16)11-6-4-10(5-7-11)13-9-3-8-12/h4-7,13H,3,8-9,12H2,1-2H3. The van der Waals surface area contributed by atoms with Crippen molar-refractivity contribution in [1.82, 2.24) is 4.31 Å². The predicted molar refractivity (Wildman–Crippen MR) is 69.5 cm³/mol. The monoisotopic (exact) mass is 257 g/mol. The number of nitrogens with one attached hydrogen (secondary N) is 1. The molecule has 1 aromatic rings. The van der Waals surface area contributed by atoms with Gasteiger partial charge in [-0.05, 0) is 37.2 Å². The van der Waals surface area contributed by atoms with Crippen LogP contribution in [0.1, 0.15) is 6.42 Å². The second kappa shape index (κ2) is 6.00. The van der Waals surface area contributed by atoms with E-state index in [9.17, 15) is 8.42 Å². The minimum atomic E-state index is -3.33. The van der Waals surface area contributed by atoms with Gasteiger partial charge in [0, 0.05) is 26.3 Å². The molecule has 17 heavy (non-hydrogen) atoms. The van der Waals surface area contributed by atoms with Gasteiger partial charge in [0.15, 0.2) is 0 Å². The van der Waals surface area contributed by atoms with Crippen LogP contribution in [0.4, 0.5) is 5.69 Å². The second-order valence-corrected chi connectivity index (χ2v) is 6.03. The molecule has 0 aliphatic rings. The fourth-order valence-corrected chi connectivity index (χ4v) is 2.19. The summed E-state index contributed by atoms with van der Waals surface area (Å²) in [4.78, 5) is 0.298. The van der Waals surface area contributed by atoms with Gasteiger partial charge in [-0.1, -0.05) is 0 Å². The molecule has 0 fully saturated rings. The molecule has 5 nitrogen and oxygen atoms in total. The van der Waals surface area contributed by atoms with E-state index in [0.717, 1.165) is 18.7 Å². The Morgan fingerprint density at radius 1 is 1.24 bits per heavy atom. The predicted octanol–water partition coefficient (Wildman–Crippen LogP) is 0.698. The van der Waals surface area contributed by atoms with Crippen molar-refractivity contribution in [3.8, 4) is 0 Å². The molecular formula is C11H19N3O2S. The summed E-state index contributed by atoms with van der Waals surface area (Å²) < 4.78 is 24.8. The maximum atomic E-state index is 11.8. The SMILES string of the molecule is CN(C)S(=O)(=O)c1ccc(NCCCN)cc1. The molecule has 96 valence electrons. The summed E-state index contributed by atoms with van der Waals surface area (Å²) >= 11 is 0. The number of sulfonamides is 1. The quantitative estimate of drug-likeness (QED) is 0.736. The van der Waals surface area contributed by atoms with E-state index in [1.54, 1.807) is 24.3 Å². The van der Waals surface area contributed by atoms with Gasteiger partial charge in [0.1, 0.15) is 0 Å². The van der Waals surface area contributed by atoms with Crippen LogP contribution in [0.5, 0.6) is 0 Å². The van der Waals surface area contributed by atoms with Crippen molar-refractivity contribution in [2.75, 3.05) is 32.5 Å². The first-order valence-electron chi connectivity index (χ1n) is 5.45. The summed E-state index contributed by atoms with van der Waals surface area (Å²) in [6, 6.07) is 6.71. The topological polar surface area (TPSA) is 75.4 Å². The highest BCUT2D eigenvalue weighted by Gasteiger charge is 2.16. The van der Waals surface area contributed by atoms with E-state index in [0.29, 0.717) is 11.4 Å². The van der Waals surface area contributed by atoms with Crippen molar-refractivity contribution in [2.24, 2.45) is 5.73 Å². The lowest BCUT2D eigenvalue weighted by Gasteiger charge is -2.12. The fraction of sp³-hybridized carbons (Fsp3) is 0.455. The molecule has 6 heteroatoms. The third-order valence-electron chi connectivity index (χ3n) is 2.34. The third kappa shape index (κ3) is 3.69. The first-order chi connectivity index (χ1) is 7.98. The molecule has 0 amide bonds. The summed E-state index contributed by atoms with van der Waals surface area (Å²) in [5.41, 5.74) is 6.28. The van der Waals surface area contributed by atoms with Crippen LogP contribution >= 0.6 is 0 Å². The molecule has 0 aliphatic heterocycles. The van der Waals surface area contributed by atoms with Gasteiger partial charge < -0.3 is 11.1 Å². The number of hydrogen-bond acceptors (Lipinski definition) is 4. The Kier molecular flexibility index (Phi) is 4.92. The minimum absolute atomic E-state index is 0.298. The van der Waals surface area contributed by atoms with Gasteiger partial charge in [0.25, 0.3) is 0 Å². The van der Waals surface area contributed by atoms with E-state index in [1.807, 2.05) is 0 Å². The van der Waals surface area contributed by atoms with Crippen LogP contribution in [-0.2, 0) is 10.0 Å². The van der Waals surface area contributed by atoms with E-state index in [-0.39, 0.29) is 0 Å². The van der Waals surface area contributed by atoms with Crippen molar-refractivity contribution >= 4 is 15.7 Å². The average molecular weight is 257 g/mol. The van der Waals surface area contributed by atoms with E-state index in [2.05, 4.69) is 5.32 Å². The molecule has 0 heterocycles. The molecule has 0 atom stereocenters. The van der Waals surface area contributed by atoms with Crippen molar-refractivity contribution in [3.63, 3.8) is 0 Å². The molecule has 0 unspecified atom stereocenters. The number of rotatable bonds is 6. The number of anilines is 1. The smallest absolute Gasteiger partial charge is 0.242 e. The Labute approximate surface area is 103 Å². The van der Waals surface area contributed by atoms with E-state index >= 15 is 0 Å². The first-order valence-corrected chi connectivity index (χ1v) is 6.89. The molecular weight excluding hydrogens is 238 g/mol. The number of nitrogens with two attached hydrogens (primary N) is 1. The normalized spacial score (nSPS) is 11.8. The van der Waals surface area contributed by atoms with Gasteiger partial charge in [0.05, 0.1) is 4.90 Å². The van der Waals surface area contributed by atoms with Crippen LogP contribution < -0.4 is 11.1 Å². The zero-order valence-electron chi connectivity index (χ0n) is 10.2. The molecule has 0 bridgehead atoms. The Morgan fingerprint density at radius 3 is 2.29 bits per heavy atom. The molecule has 3 N–H and O–H groups in total. The highest BCUT2D eigenvalue weighted by atomic mass is 32.2. The third-order valence-corrected chi connectivity index (χ3v) is 4.17. The van der Waals surface area contributed by atoms with Crippen molar-refractivity contribution < 1.29 is 8.42 Å². The van der Waals surface area contributed by atoms with E-state index in [4.69, 9.17) is 5.73 Å². The summed E-state index contributed by atoms with van der Waals surface area (Å²) in [5.74, 6) is 0. The van der Waals surface area contributed by atoms with Crippen LogP contribution in [0.3, 0.4) is 0 Å². The number of benzene rings is 1. The van der Waals surface area contributed by atoms with Crippen LogP contribution in [0, 0.1) is 0 Å². The average Bonchev–Trinajstić information content (AvgIpc) is 2.30. The lowest BCUT2D eigenvalue weighted by Crippen LogP contribution is -2.22. The number of nitrogens with zero attached hydrogens (tertiary/aromatic N) is 1. The fourth-order valence-electron chi connectivity index (χ4n) is 1.29. The van der Waals surface area contributed by atoms with Gasteiger partial charge in [-0.25, -0.2) is 12.7 Å². The zero-order chi connectivity index (χ0) is 12.9. The van der Waals surface area contributed by atoms with Crippen molar-refractivity contribution in [1.29, 1.82) is 0 Å². The van der Waals surface area contributed by atoms with Crippen LogP contribution in [-0.4, -0.2) is 39.9 Å². The van der Waals surface area contributed by atoms with Crippen LogP contribution in [0.2, 0.25) is 0 Å². The van der Waals surface area contributed by atoms with Gasteiger partial charge in [-0.3, -0.25) is 0 Å². The Bertz CT molecular complexity index is 440. The lowest BCUT2D eigenvalue weighted by molar-refractivity contribution is 0.521. The molecule has 0 aromatic heterocycles. The lowest BCUT2D eigenvalue weighted by atomic mass is 10.3. The molecule has 0 aliphatic carbocycles. The summed E-state index contributed by atoms with van der Waals surface area (Å²) in [6.07, 6.45) is 0.887. The maximum Gasteiger partial charge on any atom is 0.242 e. The molecule has 0 spiro atoms. The van der Waals surface area contributed by atoms with Gasteiger partial charge in [-0.2, -0.15) is 0 Å². The van der Waals surface area contributed by atoms with Crippen molar-refractivity contribution in [3.05, 3.63) is 24.3 Å². The van der Waals surface area contributed by atoms with Gasteiger partial charge in [-0.15, -0.1) is 0 Å². The Morgan fingerprint density at radius 2 is 1.82 bits per heavy atom. The van der Waals surface area contributed by atoms with E-state index in [1.165, 1.54) is 18.4 Å². The molecule has 0 saturated heterocycles. The highest BCUT2D eigenvalue weighted by molar-refractivity contribution is 7.89. The zero-order valence-corrected chi connectivity index (χ0v) is 11.0. The molecule has 1 aromatic carbocycles. The van der Waals surface area contributed by atoms with Crippen molar-refractivity contribution in [2.45, 2.75) is 11.3 Å². The summed E-state index contributed by atoms with van der Waals surface area (Å²) in [6.45, 7) is 1.43. The van der Waals surface area contributed by atoms with E-state index < -0.39 is 10.0 Å². The number of hydrogen-bond donors (Lipinski definition) is 2. The largest absolute Gasteiger partial charge is 0.385 e. The molecule has 0 radical (unpaired) electrons.